The highest BCUT2D eigenvalue weighted by atomic mass is 31.1. The number of hydrogen-bond acceptors (Lipinski definition) is 3. The summed E-state index contributed by atoms with van der Waals surface area (Å²) in [5.74, 6) is -1.21. The third kappa shape index (κ3) is 18.5. The van der Waals surface area contributed by atoms with Crippen molar-refractivity contribution in [2.75, 3.05) is 0 Å². The van der Waals surface area contributed by atoms with Gasteiger partial charge in [0, 0.05) is 0 Å². The number of carbonyl (C=O) groups is 1. The van der Waals surface area contributed by atoms with E-state index in [2.05, 4.69) is 6.92 Å². The van der Waals surface area contributed by atoms with Gasteiger partial charge < -0.3 is 5.11 Å². The van der Waals surface area contributed by atoms with E-state index in [9.17, 15) is 13.9 Å². The van der Waals surface area contributed by atoms with Crippen LogP contribution in [0.2, 0.25) is 0 Å². The summed E-state index contributed by atoms with van der Waals surface area (Å²) >= 11 is 0. The number of rotatable bonds is 21. The maximum absolute atomic E-state index is 10.8. The minimum absolute atomic E-state index is 0.257. The Morgan fingerprint density at radius 1 is 0.630 bits per heavy atom. The van der Waals surface area contributed by atoms with E-state index in [-0.39, 0.29) is 6.42 Å². The van der Waals surface area contributed by atoms with E-state index in [1.54, 1.807) is 0 Å². The van der Waals surface area contributed by atoms with Gasteiger partial charge in [0.1, 0.15) is 0 Å². The Hall–Kier alpha value is -0.630. The van der Waals surface area contributed by atoms with Crippen LogP contribution in [0.25, 0.3) is 0 Å². The number of aliphatic carboxylic acids is 1. The second-order valence-electron chi connectivity index (χ2n) is 7.94. The summed E-state index contributed by atoms with van der Waals surface area (Å²) in [7, 11) is -2.85. The average Bonchev–Trinajstić information content (AvgIpc) is 2.63. The molecule has 4 nitrogen and oxygen atoms in total. The van der Waals surface area contributed by atoms with E-state index in [0.29, 0.717) is 6.42 Å². The molecule has 1 atom stereocenters. The SMILES string of the molecule is CCCCCCCCCCCCCCCCCCCCC(C(=O)O)P(=O)=O. The molecule has 1 unspecified atom stereocenters. The number of unbranched alkanes of at least 4 members (excludes halogenated alkanes) is 17. The molecule has 0 saturated carbocycles. The summed E-state index contributed by atoms with van der Waals surface area (Å²) in [6.45, 7) is 2.27. The van der Waals surface area contributed by atoms with Crippen LogP contribution in [0.4, 0.5) is 0 Å². The third-order valence-electron chi connectivity index (χ3n) is 5.37. The van der Waals surface area contributed by atoms with Gasteiger partial charge in [0.15, 0.2) is 5.66 Å². The summed E-state index contributed by atoms with van der Waals surface area (Å²) < 4.78 is 21.6. The molecule has 0 fully saturated rings. The van der Waals surface area contributed by atoms with Crippen LogP contribution in [0, 0.1) is 0 Å². The first kappa shape index (κ1) is 26.4. The molecule has 0 aromatic heterocycles. The number of carboxylic acids is 1. The minimum Gasteiger partial charge on any atom is -0.480 e. The fraction of sp³-hybridized carbons (Fsp3) is 0.955. The van der Waals surface area contributed by atoms with Crippen LogP contribution in [0.5, 0.6) is 0 Å². The predicted molar refractivity (Wildman–Crippen MR) is 113 cm³/mol. The lowest BCUT2D eigenvalue weighted by Crippen LogP contribution is -2.14. The molecular formula is C22H43O4P. The van der Waals surface area contributed by atoms with Crippen molar-refractivity contribution in [1.82, 2.24) is 0 Å². The standard InChI is InChI=1S/C22H43O4P/c1-2-3-4-5-6-7-8-9-10-11-12-13-14-15-16-17-18-19-20-21(22(23)24)27(25)26/h21H,2-20H2,1H3,(H,23,24). The van der Waals surface area contributed by atoms with Gasteiger partial charge in [-0.05, 0) is 6.42 Å². The van der Waals surface area contributed by atoms with Crippen molar-refractivity contribution in [3.8, 4) is 0 Å². The normalized spacial score (nSPS) is 12.2. The minimum atomic E-state index is -2.85. The van der Waals surface area contributed by atoms with Crippen LogP contribution in [0.3, 0.4) is 0 Å². The molecule has 160 valence electrons. The molecule has 0 aromatic carbocycles. The Labute approximate surface area is 167 Å². The van der Waals surface area contributed by atoms with Crippen molar-refractivity contribution in [2.24, 2.45) is 0 Å². The highest BCUT2D eigenvalue weighted by Gasteiger charge is 2.22. The summed E-state index contributed by atoms with van der Waals surface area (Å²) in [6.07, 6.45) is 23.4. The molecule has 27 heavy (non-hydrogen) atoms. The third-order valence-corrected chi connectivity index (χ3v) is 6.36. The van der Waals surface area contributed by atoms with Gasteiger partial charge in [0.25, 0.3) is 0 Å². The first-order valence-electron chi connectivity index (χ1n) is 11.5. The fourth-order valence-corrected chi connectivity index (χ4v) is 4.13. The van der Waals surface area contributed by atoms with Gasteiger partial charge >= 0.3 is 13.6 Å². The van der Waals surface area contributed by atoms with Crippen molar-refractivity contribution in [3.63, 3.8) is 0 Å². The van der Waals surface area contributed by atoms with Crippen LogP contribution >= 0.6 is 7.68 Å². The average molecular weight is 403 g/mol. The van der Waals surface area contributed by atoms with Gasteiger partial charge in [-0.2, -0.15) is 0 Å². The Morgan fingerprint density at radius 2 is 0.926 bits per heavy atom. The van der Waals surface area contributed by atoms with Crippen molar-refractivity contribution in [1.29, 1.82) is 0 Å². The summed E-state index contributed by atoms with van der Waals surface area (Å²) in [5.41, 5.74) is -1.19. The zero-order chi connectivity index (χ0) is 20.2. The summed E-state index contributed by atoms with van der Waals surface area (Å²) in [6, 6.07) is 0. The second-order valence-corrected chi connectivity index (χ2v) is 9.13. The molecule has 0 amide bonds. The monoisotopic (exact) mass is 402 g/mol. The zero-order valence-corrected chi connectivity index (χ0v) is 18.5. The molecule has 0 aromatic rings. The second kappa shape index (κ2) is 20.1. The lowest BCUT2D eigenvalue weighted by Gasteiger charge is -2.05. The number of hydrogen-bond donors (Lipinski definition) is 1. The van der Waals surface area contributed by atoms with E-state index < -0.39 is 19.3 Å². The van der Waals surface area contributed by atoms with Crippen molar-refractivity contribution in [3.05, 3.63) is 0 Å². The molecule has 5 heteroatoms. The van der Waals surface area contributed by atoms with Gasteiger partial charge in [0.05, 0.1) is 0 Å². The lowest BCUT2D eigenvalue weighted by atomic mass is 10.0. The molecular weight excluding hydrogens is 359 g/mol. The molecule has 0 radical (unpaired) electrons. The van der Waals surface area contributed by atoms with Crippen LogP contribution in [-0.4, -0.2) is 16.7 Å². The van der Waals surface area contributed by atoms with Crippen molar-refractivity contribution >= 4 is 13.6 Å². The Morgan fingerprint density at radius 3 is 1.19 bits per heavy atom. The van der Waals surface area contributed by atoms with E-state index in [0.717, 1.165) is 12.8 Å². The topological polar surface area (TPSA) is 71.4 Å². The van der Waals surface area contributed by atoms with Crippen LogP contribution < -0.4 is 0 Å². The molecule has 0 aliphatic heterocycles. The van der Waals surface area contributed by atoms with Gasteiger partial charge in [-0.3, -0.25) is 4.79 Å². The molecule has 0 saturated heterocycles. The maximum atomic E-state index is 10.8. The van der Waals surface area contributed by atoms with E-state index in [1.807, 2.05) is 0 Å². The number of carboxylic acid groups (broad SMARTS) is 1. The Kier molecular flexibility index (Phi) is 19.6. The van der Waals surface area contributed by atoms with E-state index in [4.69, 9.17) is 5.11 Å². The highest BCUT2D eigenvalue weighted by molar-refractivity contribution is 7.33. The van der Waals surface area contributed by atoms with Gasteiger partial charge in [-0.15, -0.1) is 0 Å². The van der Waals surface area contributed by atoms with Gasteiger partial charge in [-0.1, -0.05) is 122 Å². The lowest BCUT2D eigenvalue weighted by molar-refractivity contribution is -0.136. The summed E-state index contributed by atoms with van der Waals surface area (Å²) in [4.78, 5) is 10.8. The molecule has 0 bridgehead atoms. The van der Waals surface area contributed by atoms with E-state index >= 15 is 0 Å². The van der Waals surface area contributed by atoms with E-state index in [1.165, 1.54) is 96.3 Å². The van der Waals surface area contributed by atoms with Crippen LogP contribution in [0.1, 0.15) is 129 Å². The van der Waals surface area contributed by atoms with Crippen LogP contribution in [0.15, 0.2) is 0 Å². The predicted octanol–water partition coefficient (Wildman–Crippen LogP) is 8.04. The Bertz CT molecular complexity index is 399. The molecule has 1 N–H and O–H groups in total. The summed E-state index contributed by atoms with van der Waals surface area (Å²) in [5, 5.41) is 8.80. The largest absolute Gasteiger partial charge is 0.480 e. The fourth-order valence-electron chi connectivity index (χ4n) is 3.56. The highest BCUT2D eigenvalue weighted by Crippen LogP contribution is 2.22. The molecule has 0 aliphatic carbocycles. The first-order valence-corrected chi connectivity index (χ1v) is 12.7. The van der Waals surface area contributed by atoms with Crippen LogP contribution in [-0.2, 0) is 13.9 Å². The molecule has 0 heterocycles. The van der Waals surface area contributed by atoms with Gasteiger partial charge in [0.2, 0.25) is 0 Å². The quantitative estimate of drug-likeness (QED) is 0.156. The maximum Gasteiger partial charge on any atom is 0.330 e. The van der Waals surface area contributed by atoms with Crippen molar-refractivity contribution in [2.45, 2.75) is 135 Å². The Balaban J connectivity index is 3.20. The molecule has 0 aliphatic rings. The molecule has 0 rings (SSSR count). The first-order chi connectivity index (χ1) is 13.1. The van der Waals surface area contributed by atoms with Gasteiger partial charge in [-0.25, -0.2) is 9.13 Å². The molecule has 0 spiro atoms. The zero-order valence-electron chi connectivity index (χ0n) is 17.6. The van der Waals surface area contributed by atoms with Crippen molar-refractivity contribution < 1.29 is 19.0 Å². The smallest absolute Gasteiger partial charge is 0.330 e.